The number of ether oxygens (including phenoxy) is 1. The summed E-state index contributed by atoms with van der Waals surface area (Å²) in [5.41, 5.74) is 2.00. The van der Waals surface area contributed by atoms with E-state index in [-0.39, 0.29) is 17.3 Å². The quantitative estimate of drug-likeness (QED) is 0.585. The van der Waals surface area contributed by atoms with Crippen molar-refractivity contribution in [2.45, 2.75) is 13.0 Å². The second-order valence-electron chi connectivity index (χ2n) is 6.49. The summed E-state index contributed by atoms with van der Waals surface area (Å²) in [6.45, 7) is 0.734. The smallest absolute Gasteiger partial charge is 0.265 e. The summed E-state index contributed by atoms with van der Waals surface area (Å²) >= 11 is 3.24. The van der Waals surface area contributed by atoms with Crippen LogP contribution in [0.1, 0.15) is 21.5 Å². The van der Waals surface area contributed by atoms with E-state index in [1.54, 1.807) is 25.4 Å². The Bertz CT molecular complexity index is 1050. The second-order valence-corrected chi connectivity index (χ2v) is 7.34. The van der Waals surface area contributed by atoms with Crippen LogP contribution in [-0.4, -0.2) is 24.1 Å². The van der Waals surface area contributed by atoms with Gasteiger partial charge in [-0.2, -0.15) is 0 Å². The molecule has 0 radical (unpaired) electrons. The van der Waals surface area contributed by atoms with E-state index in [0.29, 0.717) is 29.5 Å². The summed E-state index contributed by atoms with van der Waals surface area (Å²) in [7, 11) is 1.59. The Hall–Kier alpha value is -2.93. The zero-order valence-electron chi connectivity index (χ0n) is 15.8. The lowest BCUT2D eigenvalue weighted by atomic mass is 10.1. The van der Waals surface area contributed by atoms with Gasteiger partial charge in [-0.3, -0.25) is 9.59 Å². The van der Waals surface area contributed by atoms with Gasteiger partial charge in [0.1, 0.15) is 11.6 Å². The van der Waals surface area contributed by atoms with Crippen molar-refractivity contribution in [3.63, 3.8) is 0 Å². The number of nitrogens with one attached hydrogen (secondary N) is 1. The summed E-state index contributed by atoms with van der Waals surface area (Å²) < 4.78 is 19.9. The van der Waals surface area contributed by atoms with Crippen LogP contribution in [0.5, 0.6) is 5.75 Å². The zero-order chi connectivity index (χ0) is 20.8. The molecule has 0 saturated heterocycles. The van der Waals surface area contributed by atoms with Crippen molar-refractivity contribution >= 4 is 21.8 Å². The van der Waals surface area contributed by atoms with Gasteiger partial charge in [-0.1, -0.05) is 24.3 Å². The van der Waals surface area contributed by atoms with Gasteiger partial charge in [-0.15, -0.1) is 0 Å². The van der Waals surface area contributed by atoms with E-state index >= 15 is 0 Å². The number of nitrogens with zero attached hydrogens (tertiary/aromatic N) is 1. The molecule has 0 aliphatic rings. The first kappa shape index (κ1) is 20.8. The molecule has 1 heterocycles. The molecule has 0 saturated carbocycles. The fourth-order valence-electron chi connectivity index (χ4n) is 2.84. The first-order valence-electron chi connectivity index (χ1n) is 9.02. The molecule has 0 unspecified atom stereocenters. The minimum Gasteiger partial charge on any atom is -0.497 e. The monoisotopic (exact) mass is 458 g/mol. The van der Waals surface area contributed by atoms with Crippen molar-refractivity contribution in [2.24, 2.45) is 0 Å². The van der Waals surface area contributed by atoms with Gasteiger partial charge in [-0.25, -0.2) is 4.39 Å². The summed E-state index contributed by atoms with van der Waals surface area (Å²) in [5, 5.41) is 2.83. The first-order valence-corrected chi connectivity index (χ1v) is 9.81. The van der Waals surface area contributed by atoms with E-state index in [2.05, 4.69) is 21.2 Å². The van der Waals surface area contributed by atoms with Crippen molar-refractivity contribution in [1.29, 1.82) is 0 Å². The molecule has 5 nitrogen and oxygen atoms in total. The molecule has 0 aliphatic carbocycles. The van der Waals surface area contributed by atoms with Crippen LogP contribution in [0.15, 0.2) is 70.1 Å². The summed E-state index contributed by atoms with van der Waals surface area (Å²) in [6.07, 6.45) is 2.13. The molecule has 1 amide bonds. The average Bonchev–Trinajstić information content (AvgIpc) is 2.73. The number of rotatable bonds is 7. The highest BCUT2D eigenvalue weighted by molar-refractivity contribution is 9.10. The minimum atomic E-state index is -0.290. The van der Waals surface area contributed by atoms with Crippen molar-refractivity contribution in [1.82, 2.24) is 9.88 Å². The third-order valence-electron chi connectivity index (χ3n) is 4.43. The van der Waals surface area contributed by atoms with Crippen molar-refractivity contribution in [3.05, 3.63) is 98.1 Å². The first-order chi connectivity index (χ1) is 14.0. The Morgan fingerprint density at radius 1 is 1.10 bits per heavy atom. The van der Waals surface area contributed by atoms with Gasteiger partial charge >= 0.3 is 0 Å². The third kappa shape index (κ3) is 5.54. The predicted molar refractivity (Wildman–Crippen MR) is 113 cm³/mol. The van der Waals surface area contributed by atoms with Gasteiger partial charge in [-0.05, 0) is 63.8 Å². The molecule has 2 aromatic carbocycles. The van der Waals surface area contributed by atoms with Gasteiger partial charge in [0.15, 0.2) is 0 Å². The van der Waals surface area contributed by atoms with Crippen LogP contribution >= 0.6 is 15.9 Å². The number of pyridine rings is 1. The standard InChI is InChI=1S/C22H20BrFN2O3/c1-29-19-8-4-16(5-9-19)13-26-14-17(12-20(23)22(26)28)21(27)25-11-10-15-2-6-18(24)7-3-15/h2-9,12,14H,10-11,13H2,1H3,(H,25,27). The van der Waals surface area contributed by atoms with Crippen molar-refractivity contribution in [2.75, 3.05) is 13.7 Å². The maximum Gasteiger partial charge on any atom is 0.265 e. The van der Waals surface area contributed by atoms with Gasteiger partial charge in [0.25, 0.3) is 11.5 Å². The van der Waals surface area contributed by atoms with Crippen molar-refractivity contribution < 1.29 is 13.9 Å². The zero-order valence-corrected chi connectivity index (χ0v) is 17.4. The number of hydrogen-bond donors (Lipinski definition) is 1. The van der Waals surface area contributed by atoms with E-state index in [1.165, 1.54) is 22.8 Å². The van der Waals surface area contributed by atoms with E-state index in [1.807, 2.05) is 24.3 Å². The van der Waals surface area contributed by atoms with Crippen LogP contribution in [0, 0.1) is 5.82 Å². The number of amides is 1. The number of benzene rings is 2. The third-order valence-corrected chi connectivity index (χ3v) is 5.00. The van der Waals surface area contributed by atoms with Crippen LogP contribution in [0.4, 0.5) is 4.39 Å². The van der Waals surface area contributed by atoms with Crippen LogP contribution in [0.3, 0.4) is 0 Å². The summed E-state index contributed by atoms with van der Waals surface area (Å²) in [5.74, 6) is 0.162. The molecule has 0 spiro atoms. The SMILES string of the molecule is COc1ccc(Cn2cc(C(=O)NCCc3ccc(F)cc3)cc(Br)c2=O)cc1. The van der Waals surface area contributed by atoms with Gasteiger partial charge in [0, 0.05) is 12.7 Å². The van der Waals surface area contributed by atoms with E-state index in [0.717, 1.165) is 16.9 Å². The predicted octanol–water partition coefficient (Wildman–Crippen LogP) is 3.78. The highest BCUT2D eigenvalue weighted by atomic mass is 79.9. The summed E-state index contributed by atoms with van der Waals surface area (Å²) in [6, 6.07) is 15.1. The molecule has 3 rings (SSSR count). The molecule has 150 valence electrons. The van der Waals surface area contributed by atoms with Gasteiger partial charge in [0.05, 0.1) is 23.7 Å². The fourth-order valence-corrected chi connectivity index (χ4v) is 3.32. The Morgan fingerprint density at radius 3 is 2.41 bits per heavy atom. The molecular weight excluding hydrogens is 439 g/mol. The van der Waals surface area contributed by atoms with Crippen LogP contribution in [-0.2, 0) is 13.0 Å². The fraction of sp³-hybridized carbons (Fsp3) is 0.182. The van der Waals surface area contributed by atoms with Crippen LogP contribution < -0.4 is 15.6 Å². The Balaban J connectivity index is 1.69. The molecule has 0 aliphatic heterocycles. The average molecular weight is 459 g/mol. The highest BCUT2D eigenvalue weighted by Gasteiger charge is 2.11. The molecule has 1 N–H and O–H groups in total. The number of halogens is 2. The minimum absolute atomic E-state index is 0.219. The molecule has 7 heteroatoms. The van der Waals surface area contributed by atoms with E-state index < -0.39 is 0 Å². The van der Waals surface area contributed by atoms with E-state index in [4.69, 9.17) is 4.74 Å². The van der Waals surface area contributed by atoms with Crippen LogP contribution in [0.25, 0.3) is 0 Å². The molecule has 0 atom stereocenters. The molecule has 0 bridgehead atoms. The Kier molecular flexibility index (Phi) is 6.82. The largest absolute Gasteiger partial charge is 0.497 e. The van der Waals surface area contributed by atoms with Crippen LogP contribution in [0.2, 0.25) is 0 Å². The molecule has 1 aromatic heterocycles. The number of methoxy groups -OCH3 is 1. The molecule has 29 heavy (non-hydrogen) atoms. The molecular formula is C22H20BrFN2O3. The van der Waals surface area contributed by atoms with Crippen molar-refractivity contribution in [3.8, 4) is 5.75 Å². The maximum absolute atomic E-state index is 13.0. The Labute approximate surface area is 176 Å². The number of carbonyl (C=O) groups excluding carboxylic acids is 1. The topological polar surface area (TPSA) is 60.3 Å². The van der Waals surface area contributed by atoms with Gasteiger partial charge < -0.3 is 14.6 Å². The van der Waals surface area contributed by atoms with Gasteiger partial charge in [0.2, 0.25) is 0 Å². The Morgan fingerprint density at radius 2 is 1.76 bits per heavy atom. The maximum atomic E-state index is 13.0. The lowest BCUT2D eigenvalue weighted by Gasteiger charge is -2.11. The number of aromatic nitrogens is 1. The molecule has 0 fully saturated rings. The number of carbonyl (C=O) groups is 1. The normalized spacial score (nSPS) is 10.6. The highest BCUT2D eigenvalue weighted by Crippen LogP contribution is 2.13. The lowest BCUT2D eigenvalue weighted by molar-refractivity contribution is 0.0953. The lowest BCUT2D eigenvalue weighted by Crippen LogP contribution is -2.29. The second kappa shape index (κ2) is 9.52. The number of hydrogen-bond acceptors (Lipinski definition) is 3. The summed E-state index contributed by atoms with van der Waals surface area (Å²) in [4.78, 5) is 24.9. The molecule has 3 aromatic rings. The van der Waals surface area contributed by atoms with E-state index in [9.17, 15) is 14.0 Å².